The zero-order chi connectivity index (χ0) is 29.4. The minimum atomic E-state index is -3.63. The Morgan fingerprint density at radius 1 is 1.16 bits per heavy atom. The van der Waals surface area contributed by atoms with E-state index in [0.29, 0.717) is 22.5 Å². The summed E-state index contributed by atoms with van der Waals surface area (Å²) in [6.45, 7) is 9.66. The summed E-state index contributed by atoms with van der Waals surface area (Å²) in [5.41, 5.74) is 7.42. The molecule has 2 rings (SSSR count). The van der Waals surface area contributed by atoms with Gasteiger partial charge in [0.1, 0.15) is 5.82 Å². The predicted octanol–water partition coefficient (Wildman–Crippen LogP) is 3.15. The van der Waals surface area contributed by atoms with Gasteiger partial charge in [-0.25, -0.2) is 31.9 Å². The lowest BCUT2D eigenvalue weighted by molar-refractivity contribution is -0.152. The zero-order valence-electron chi connectivity index (χ0n) is 22.9. The summed E-state index contributed by atoms with van der Waals surface area (Å²) in [5, 5.41) is 28.0. The number of anilines is 1. The number of aliphatic carboxylic acids is 1. The summed E-state index contributed by atoms with van der Waals surface area (Å²) >= 11 is 0. The fourth-order valence-electron chi connectivity index (χ4n) is 2.99. The molecule has 0 aliphatic heterocycles. The largest absolute Gasteiger partial charge is 0.479 e. The standard InChI is InChI=1S/C22H28FN3O6S.C4H11N/c1-13(2)18-16(7-5-6-8-17(27)20(28)21(29)30)19(14-9-11-15(23)12-10-14)25-22(24-18)26(3)33(4,31)32;1-4(2,3)5/h5,7,9-13,17,20,27-28H,6,8H2,1-4H3,(H,29,30);5H2,1-3H3/t17-,20?;/m1./s1. The third-order valence-electron chi connectivity index (χ3n) is 4.94. The maximum atomic E-state index is 13.5. The smallest absolute Gasteiger partial charge is 0.335 e. The Kier molecular flexibility index (Phi) is 12.0. The molecule has 2 aromatic rings. The number of aromatic nitrogens is 2. The molecule has 0 amide bonds. The van der Waals surface area contributed by atoms with Gasteiger partial charge in [0.25, 0.3) is 0 Å². The number of nitrogens with zero attached hydrogens (tertiary/aromatic N) is 3. The molecule has 5 N–H and O–H groups in total. The van der Waals surface area contributed by atoms with Crippen LogP contribution in [0.5, 0.6) is 0 Å². The maximum Gasteiger partial charge on any atom is 0.335 e. The Labute approximate surface area is 224 Å². The van der Waals surface area contributed by atoms with Gasteiger partial charge in [-0.3, -0.25) is 0 Å². The minimum Gasteiger partial charge on any atom is -0.479 e. The molecule has 38 heavy (non-hydrogen) atoms. The summed E-state index contributed by atoms with van der Waals surface area (Å²) in [6, 6.07) is 5.58. The number of hydrogen-bond acceptors (Lipinski definition) is 8. The van der Waals surface area contributed by atoms with Crippen LogP contribution in [0.1, 0.15) is 64.6 Å². The summed E-state index contributed by atoms with van der Waals surface area (Å²) in [6.07, 6.45) is 1.34. The molecule has 1 aromatic heterocycles. The summed E-state index contributed by atoms with van der Waals surface area (Å²) < 4.78 is 38.6. The average Bonchev–Trinajstić information content (AvgIpc) is 2.79. The van der Waals surface area contributed by atoms with Crippen LogP contribution in [0.25, 0.3) is 17.3 Å². The van der Waals surface area contributed by atoms with Crippen molar-refractivity contribution in [1.29, 1.82) is 0 Å². The molecule has 2 atom stereocenters. The van der Waals surface area contributed by atoms with E-state index in [2.05, 4.69) is 9.97 Å². The number of carboxylic acid groups (broad SMARTS) is 1. The molecule has 1 heterocycles. The number of hydrogen-bond donors (Lipinski definition) is 4. The van der Waals surface area contributed by atoms with Crippen LogP contribution >= 0.6 is 0 Å². The lowest BCUT2D eigenvalue weighted by atomic mass is 9.97. The molecule has 0 fully saturated rings. The van der Waals surface area contributed by atoms with Crippen LogP contribution in [0.15, 0.2) is 30.3 Å². The zero-order valence-corrected chi connectivity index (χ0v) is 23.7. The highest BCUT2D eigenvalue weighted by Crippen LogP contribution is 2.31. The van der Waals surface area contributed by atoms with E-state index < -0.39 is 34.0 Å². The number of aliphatic hydroxyl groups is 2. The molecule has 0 spiro atoms. The Morgan fingerprint density at radius 2 is 1.68 bits per heavy atom. The van der Waals surface area contributed by atoms with Crippen LogP contribution in [0.3, 0.4) is 0 Å². The molecule has 1 aromatic carbocycles. The molecule has 0 aliphatic carbocycles. The average molecular weight is 555 g/mol. The fourth-order valence-corrected chi connectivity index (χ4v) is 3.36. The van der Waals surface area contributed by atoms with E-state index >= 15 is 0 Å². The SMILES string of the molecule is CC(C)(C)N.CC(C)c1nc(N(C)S(C)(=O)=O)nc(-c2ccc(F)cc2)c1C=CCC[C@@H](O)C(O)C(=O)O. The van der Waals surface area contributed by atoms with Crippen molar-refractivity contribution in [3.05, 3.63) is 47.4 Å². The first-order valence-corrected chi connectivity index (χ1v) is 13.8. The highest BCUT2D eigenvalue weighted by atomic mass is 32.2. The van der Waals surface area contributed by atoms with Crippen molar-refractivity contribution in [2.75, 3.05) is 17.6 Å². The first-order valence-electron chi connectivity index (χ1n) is 12.0. The molecule has 12 heteroatoms. The molecule has 0 saturated carbocycles. The number of rotatable bonds is 10. The van der Waals surface area contributed by atoms with Crippen LogP contribution in [-0.2, 0) is 14.8 Å². The van der Waals surface area contributed by atoms with Crippen LogP contribution in [0, 0.1) is 5.82 Å². The highest BCUT2D eigenvalue weighted by molar-refractivity contribution is 7.92. The maximum absolute atomic E-state index is 13.5. The van der Waals surface area contributed by atoms with Crippen molar-refractivity contribution in [1.82, 2.24) is 9.97 Å². The molecule has 0 radical (unpaired) electrons. The predicted molar refractivity (Wildman–Crippen MR) is 147 cm³/mol. The first kappa shape index (κ1) is 33.1. The second-order valence-corrected chi connectivity index (χ2v) is 12.3. The first-order chi connectivity index (χ1) is 17.3. The Morgan fingerprint density at radius 3 is 2.13 bits per heavy atom. The van der Waals surface area contributed by atoms with Crippen molar-refractivity contribution in [3.63, 3.8) is 0 Å². The molecule has 0 saturated heterocycles. The van der Waals surface area contributed by atoms with Crippen LogP contribution < -0.4 is 10.0 Å². The van der Waals surface area contributed by atoms with Gasteiger partial charge in [0, 0.05) is 23.7 Å². The third-order valence-corrected chi connectivity index (χ3v) is 6.10. The fraction of sp³-hybridized carbons (Fsp3) is 0.500. The number of carboxylic acids is 1. The molecular weight excluding hydrogens is 515 g/mol. The van der Waals surface area contributed by atoms with E-state index in [1.165, 1.54) is 31.3 Å². The van der Waals surface area contributed by atoms with Crippen molar-refractivity contribution in [2.24, 2.45) is 5.73 Å². The lowest BCUT2D eigenvalue weighted by Gasteiger charge is -2.20. The van der Waals surface area contributed by atoms with E-state index in [9.17, 15) is 27.8 Å². The van der Waals surface area contributed by atoms with Gasteiger partial charge < -0.3 is 21.1 Å². The number of carbonyl (C=O) groups is 1. The van der Waals surface area contributed by atoms with Crippen LogP contribution in [0.2, 0.25) is 0 Å². The third kappa shape index (κ3) is 10.8. The van der Waals surface area contributed by atoms with E-state index in [-0.39, 0.29) is 30.2 Å². The number of aliphatic hydroxyl groups excluding tert-OH is 2. The van der Waals surface area contributed by atoms with Gasteiger partial charge in [-0.1, -0.05) is 26.0 Å². The van der Waals surface area contributed by atoms with Crippen LogP contribution in [0.4, 0.5) is 10.3 Å². The number of allylic oxidation sites excluding steroid dienone is 1. The second kappa shape index (κ2) is 13.7. The Bertz CT molecular complexity index is 1210. The highest BCUT2D eigenvalue weighted by Gasteiger charge is 2.24. The number of halogens is 1. The summed E-state index contributed by atoms with van der Waals surface area (Å²) in [7, 11) is -2.29. The molecule has 10 nitrogen and oxygen atoms in total. The van der Waals surface area contributed by atoms with E-state index in [1.807, 2.05) is 34.6 Å². The molecule has 1 unspecified atom stereocenters. The number of nitrogens with two attached hydrogens (primary N) is 1. The van der Waals surface area contributed by atoms with Gasteiger partial charge in [-0.05, 0) is 63.8 Å². The van der Waals surface area contributed by atoms with Gasteiger partial charge in [-0.15, -0.1) is 0 Å². The summed E-state index contributed by atoms with van der Waals surface area (Å²) in [4.78, 5) is 19.7. The van der Waals surface area contributed by atoms with E-state index in [1.54, 1.807) is 12.2 Å². The van der Waals surface area contributed by atoms with Crippen molar-refractivity contribution in [3.8, 4) is 11.3 Å². The molecule has 0 bridgehead atoms. The van der Waals surface area contributed by atoms with Crippen molar-refractivity contribution < 1.29 is 32.9 Å². The second-order valence-electron chi connectivity index (χ2n) is 10.3. The summed E-state index contributed by atoms with van der Waals surface area (Å²) in [5.74, 6) is -2.10. The topological polar surface area (TPSA) is 167 Å². The number of sulfonamides is 1. The normalized spacial score (nSPS) is 13.7. The minimum absolute atomic E-state index is 0. The van der Waals surface area contributed by atoms with E-state index in [4.69, 9.17) is 10.8 Å². The Balaban J connectivity index is 0.00000132. The number of benzene rings is 1. The quantitative estimate of drug-likeness (QED) is 0.345. The lowest BCUT2D eigenvalue weighted by Crippen LogP contribution is -2.33. The van der Waals surface area contributed by atoms with Gasteiger partial charge >= 0.3 is 5.97 Å². The van der Waals surface area contributed by atoms with Crippen LogP contribution in [-0.4, -0.2) is 70.7 Å². The van der Waals surface area contributed by atoms with Crippen molar-refractivity contribution >= 4 is 28.0 Å². The van der Waals surface area contributed by atoms with Crippen molar-refractivity contribution in [2.45, 2.75) is 71.1 Å². The van der Waals surface area contributed by atoms with Gasteiger partial charge in [0.15, 0.2) is 6.10 Å². The Hall–Kier alpha value is -2.93. The van der Waals surface area contributed by atoms with Gasteiger partial charge in [-0.2, -0.15) is 0 Å². The van der Waals surface area contributed by atoms with Gasteiger partial charge in [0.05, 0.1) is 23.7 Å². The molecule has 0 aliphatic rings. The monoisotopic (exact) mass is 554 g/mol. The van der Waals surface area contributed by atoms with E-state index in [0.717, 1.165) is 10.6 Å². The van der Waals surface area contributed by atoms with Gasteiger partial charge in [0.2, 0.25) is 16.0 Å². The molecule has 212 valence electrons. The molecular formula is C26H39FN4O6S.